The van der Waals surface area contributed by atoms with Gasteiger partial charge in [0, 0.05) is 17.3 Å². The molecule has 1 aliphatic carbocycles. The van der Waals surface area contributed by atoms with Crippen molar-refractivity contribution in [2.45, 2.75) is 58.0 Å². The van der Waals surface area contributed by atoms with Gasteiger partial charge in [-0.2, -0.15) is 0 Å². The second kappa shape index (κ2) is 6.75. The number of nitrogens with one attached hydrogen (secondary N) is 1. The lowest BCUT2D eigenvalue weighted by molar-refractivity contribution is 0.0654. The third-order valence-electron chi connectivity index (χ3n) is 5.22. The van der Waals surface area contributed by atoms with Crippen LogP contribution < -0.4 is 11.1 Å². The molecule has 0 radical (unpaired) electrons. The molecule has 118 valence electrons. The first-order valence-corrected chi connectivity index (χ1v) is 8.24. The molecule has 21 heavy (non-hydrogen) atoms. The molecule has 1 atom stereocenters. The zero-order valence-corrected chi connectivity index (χ0v) is 13.9. The Hall–Kier alpha value is -1.13. The van der Waals surface area contributed by atoms with E-state index < -0.39 is 0 Å². The molecular weight excluding hydrogens is 260 g/mol. The molecule has 1 aromatic heterocycles. The van der Waals surface area contributed by atoms with Gasteiger partial charge in [0.15, 0.2) is 0 Å². The molecule has 2 rings (SSSR count). The number of nitrogen functional groups attached to an aromatic ring is 1. The van der Waals surface area contributed by atoms with Crippen molar-refractivity contribution in [3.8, 4) is 0 Å². The molecule has 0 aromatic carbocycles. The van der Waals surface area contributed by atoms with E-state index in [9.17, 15) is 0 Å². The molecule has 0 spiro atoms. The molecule has 0 saturated heterocycles. The number of rotatable bonds is 6. The van der Waals surface area contributed by atoms with Crippen molar-refractivity contribution in [1.82, 2.24) is 15.2 Å². The van der Waals surface area contributed by atoms with Gasteiger partial charge in [0.1, 0.15) is 5.82 Å². The zero-order chi connectivity index (χ0) is 15.5. The van der Waals surface area contributed by atoms with Crippen molar-refractivity contribution in [3.05, 3.63) is 23.4 Å². The highest BCUT2D eigenvalue weighted by Gasteiger charge is 2.46. The molecule has 1 saturated carbocycles. The van der Waals surface area contributed by atoms with E-state index in [1.54, 1.807) is 6.20 Å². The molecule has 1 fully saturated rings. The van der Waals surface area contributed by atoms with Crippen LogP contribution in [0.25, 0.3) is 0 Å². The van der Waals surface area contributed by atoms with Gasteiger partial charge >= 0.3 is 0 Å². The second-order valence-electron chi connectivity index (χ2n) is 6.13. The molecule has 0 amide bonds. The minimum absolute atomic E-state index is 0.167. The van der Waals surface area contributed by atoms with Crippen LogP contribution >= 0.6 is 0 Å². The Labute approximate surface area is 129 Å². The molecule has 1 heterocycles. The van der Waals surface area contributed by atoms with Gasteiger partial charge in [0.2, 0.25) is 0 Å². The summed E-state index contributed by atoms with van der Waals surface area (Å²) in [6.45, 7) is 8.82. The molecule has 1 aliphatic rings. The highest BCUT2D eigenvalue weighted by atomic mass is 15.2. The highest BCUT2D eigenvalue weighted by Crippen LogP contribution is 2.45. The summed E-state index contributed by atoms with van der Waals surface area (Å²) in [4.78, 5) is 6.96. The van der Waals surface area contributed by atoms with E-state index in [1.807, 2.05) is 0 Å². The van der Waals surface area contributed by atoms with Gasteiger partial charge in [0.25, 0.3) is 0 Å². The van der Waals surface area contributed by atoms with Crippen LogP contribution in [0.4, 0.5) is 5.82 Å². The van der Waals surface area contributed by atoms with Crippen molar-refractivity contribution < 1.29 is 0 Å². The zero-order valence-electron chi connectivity index (χ0n) is 13.9. The maximum atomic E-state index is 6.24. The summed E-state index contributed by atoms with van der Waals surface area (Å²) < 4.78 is 0. The Balaban J connectivity index is 2.51. The van der Waals surface area contributed by atoms with Gasteiger partial charge in [0.05, 0.1) is 6.04 Å². The van der Waals surface area contributed by atoms with E-state index >= 15 is 0 Å². The summed E-state index contributed by atoms with van der Waals surface area (Å²) in [7, 11) is 2.06. The Bertz CT molecular complexity index is 442. The molecule has 0 aliphatic heterocycles. The number of hydrogen-bond donors (Lipinski definition) is 2. The van der Waals surface area contributed by atoms with Crippen molar-refractivity contribution in [3.63, 3.8) is 0 Å². The van der Waals surface area contributed by atoms with Gasteiger partial charge in [-0.15, -0.1) is 0 Å². The number of aromatic nitrogens is 1. The molecule has 1 aromatic rings. The van der Waals surface area contributed by atoms with Crippen LogP contribution in [-0.2, 0) is 0 Å². The third-order valence-corrected chi connectivity index (χ3v) is 5.22. The maximum absolute atomic E-state index is 6.24. The summed E-state index contributed by atoms with van der Waals surface area (Å²) in [6, 6.07) is 2.31. The van der Waals surface area contributed by atoms with Crippen LogP contribution in [0, 0.1) is 6.92 Å². The predicted octanol–water partition coefficient (Wildman–Crippen LogP) is 2.89. The second-order valence-corrected chi connectivity index (χ2v) is 6.13. The summed E-state index contributed by atoms with van der Waals surface area (Å²) in [5, 5.41) is 3.57. The normalized spacial score (nSPS) is 19.1. The minimum Gasteiger partial charge on any atom is -0.383 e. The van der Waals surface area contributed by atoms with Crippen LogP contribution in [-0.4, -0.2) is 35.6 Å². The molecule has 3 N–H and O–H groups in total. The topological polar surface area (TPSA) is 54.2 Å². The predicted molar refractivity (Wildman–Crippen MR) is 89.3 cm³/mol. The quantitative estimate of drug-likeness (QED) is 0.846. The Morgan fingerprint density at radius 2 is 1.95 bits per heavy atom. The van der Waals surface area contributed by atoms with Crippen molar-refractivity contribution >= 4 is 5.82 Å². The number of aryl methyl sites for hydroxylation is 1. The number of pyridine rings is 1. The fraction of sp³-hybridized carbons (Fsp3) is 0.706. The molecule has 0 bridgehead atoms. The number of nitrogens with two attached hydrogens (primary N) is 1. The largest absolute Gasteiger partial charge is 0.383 e. The summed E-state index contributed by atoms with van der Waals surface area (Å²) in [5.74, 6) is 0.674. The van der Waals surface area contributed by atoms with Gasteiger partial charge in [-0.05, 0) is 51.5 Å². The summed E-state index contributed by atoms with van der Waals surface area (Å²) in [5.41, 5.74) is 8.83. The van der Waals surface area contributed by atoms with Gasteiger partial charge < -0.3 is 11.1 Å². The lowest BCUT2D eigenvalue weighted by Crippen LogP contribution is -2.54. The van der Waals surface area contributed by atoms with E-state index in [0.717, 1.165) is 13.1 Å². The number of anilines is 1. The van der Waals surface area contributed by atoms with E-state index in [4.69, 9.17) is 5.73 Å². The Kier molecular flexibility index (Phi) is 5.22. The first kappa shape index (κ1) is 16.2. The summed E-state index contributed by atoms with van der Waals surface area (Å²) in [6.07, 6.45) is 6.86. The van der Waals surface area contributed by atoms with E-state index in [1.165, 1.54) is 36.8 Å². The third kappa shape index (κ3) is 2.79. The number of likely N-dealkylation sites (N-methyl/N-ethyl adjacent to an activating group) is 2. The van der Waals surface area contributed by atoms with Crippen LogP contribution in [0.3, 0.4) is 0 Å². The van der Waals surface area contributed by atoms with Gasteiger partial charge in [-0.3, -0.25) is 4.90 Å². The Morgan fingerprint density at radius 3 is 2.43 bits per heavy atom. The fourth-order valence-electron chi connectivity index (χ4n) is 4.28. The first-order valence-electron chi connectivity index (χ1n) is 8.24. The first-order chi connectivity index (χ1) is 10.1. The standard InChI is InChI=1S/C17H30N4/c1-5-21(6-2)17(10-7-8-11-17)15(19-4)14-13(3)9-12-20-16(14)18/h9,12,15,19H,5-8,10-11H2,1-4H3,(H2,18,20). The Morgan fingerprint density at radius 1 is 1.33 bits per heavy atom. The van der Waals surface area contributed by atoms with Crippen LogP contribution in [0.2, 0.25) is 0 Å². The average Bonchev–Trinajstić information content (AvgIpc) is 2.94. The van der Waals surface area contributed by atoms with Crippen molar-refractivity contribution in [1.29, 1.82) is 0 Å². The lowest BCUT2D eigenvalue weighted by atomic mass is 9.80. The van der Waals surface area contributed by atoms with Crippen LogP contribution in [0.1, 0.15) is 56.7 Å². The van der Waals surface area contributed by atoms with Crippen molar-refractivity contribution in [2.75, 3.05) is 25.9 Å². The number of nitrogens with zero attached hydrogens (tertiary/aromatic N) is 2. The van der Waals surface area contributed by atoms with Crippen LogP contribution in [0.15, 0.2) is 12.3 Å². The molecule has 4 nitrogen and oxygen atoms in total. The van der Waals surface area contributed by atoms with Gasteiger partial charge in [-0.25, -0.2) is 4.98 Å². The fourth-order valence-corrected chi connectivity index (χ4v) is 4.28. The van der Waals surface area contributed by atoms with Gasteiger partial charge in [-0.1, -0.05) is 26.7 Å². The molecular formula is C17H30N4. The average molecular weight is 290 g/mol. The number of hydrogen-bond acceptors (Lipinski definition) is 4. The maximum Gasteiger partial charge on any atom is 0.128 e. The highest BCUT2D eigenvalue weighted by molar-refractivity contribution is 5.47. The van der Waals surface area contributed by atoms with Crippen LogP contribution in [0.5, 0.6) is 0 Å². The van der Waals surface area contributed by atoms with E-state index in [2.05, 4.69) is 49.1 Å². The summed E-state index contributed by atoms with van der Waals surface area (Å²) >= 11 is 0. The monoisotopic (exact) mass is 290 g/mol. The molecule has 1 unspecified atom stereocenters. The minimum atomic E-state index is 0.167. The lowest BCUT2D eigenvalue weighted by Gasteiger charge is -2.47. The van der Waals surface area contributed by atoms with Crippen molar-refractivity contribution in [2.24, 2.45) is 0 Å². The smallest absolute Gasteiger partial charge is 0.128 e. The van der Waals surface area contributed by atoms with E-state index in [-0.39, 0.29) is 11.6 Å². The van der Waals surface area contributed by atoms with E-state index in [0.29, 0.717) is 5.82 Å². The SMILES string of the molecule is CCN(CC)C1(C(NC)c2c(C)ccnc2N)CCCC1. The molecule has 4 heteroatoms.